The van der Waals surface area contributed by atoms with Crippen molar-refractivity contribution in [2.75, 3.05) is 13.7 Å². The zero-order valence-electron chi connectivity index (χ0n) is 19.4. The third kappa shape index (κ3) is 10.0. The summed E-state index contributed by atoms with van der Waals surface area (Å²) >= 11 is 0. The minimum Gasteiger partial charge on any atom is -0.466 e. The molecule has 0 N–H and O–H groups in total. The highest BCUT2D eigenvalue weighted by Gasteiger charge is 2.49. The fourth-order valence-electron chi connectivity index (χ4n) is 2.83. The highest BCUT2D eigenvalue weighted by Crippen LogP contribution is 2.26. The molecule has 0 aliphatic carbocycles. The van der Waals surface area contributed by atoms with E-state index in [1.54, 1.807) is 20.8 Å². The summed E-state index contributed by atoms with van der Waals surface area (Å²) in [5.74, 6) is -3.56. The van der Waals surface area contributed by atoms with Gasteiger partial charge in [-0.05, 0) is 19.3 Å². The van der Waals surface area contributed by atoms with Crippen LogP contribution in [0.3, 0.4) is 0 Å². The summed E-state index contributed by atoms with van der Waals surface area (Å²) in [4.78, 5) is 59.9. The summed E-state index contributed by atoms with van der Waals surface area (Å²) in [6.07, 6.45) is -1.78. The molecule has 4 atom stereocenters. The van der Waals surface area contributed by atoms with Crippen molar-refractivity contribution in [1.82, 2.24) is 0 Å². The van der Waals surface area contributed by atoms with Gasteiger partial charge in [0.15, 0.2) is 12.2 Å². The van der Waals surface area contributed by atoms with E-state index in [0.717, 1.165) is 19.3 Å². The van der Waals surface area contributed by atoms with E-state index < -0.39 is 54.4 Å². The second-order valence-electron chi connectivity index (χ2n) is 7.18. The Labute approximate surface area is 192 Å². The van der Waals surface area contributed by atoms with Crippen molar-refractivity contribution in [2.45, 2.75) is 83.9 Å². The molecular formula is C22H32O11. The van der Waals surface area contributed by atoms with Gasteiger partial charge in [-0.15, -0.1) is 0 Å². The molecule has 1 rings (SSSR count). The van der Waals surface area contributed by atoms with Crippen LogP contribution in [0.4, 0.5) is 0 Å². The molecule has 0 aromatic carbocycles. The first kappa shape index (κ1) is 28.1. The molecule has 0 radical (unpaired) electrons. The molecule has 0 aromatic rings. The van der Waals surface area contributed by atoms with Crippen molar-refractivity contribution in [2.24, 2.45) is 0 Å². The van der Waals surface area contributed by atoms with Gasteiger partial charge in [-0.25, -0.2) is 9.59 Å². The van der Waals surface area contributed by atoms with Crippen molar-refractivity contribution in [3.8, 4) is 0 Å². The number of hydrogen-bond donors (Lipinski definition) is 0. The van der Waals surface area contributed by atoms with Gasteiger partial charge in [-0.3, -0.25) is 14.4 Å². The number of methoxy groups -OCH3 is 1. The predicted octanol–water partition coefficient (Wildman–Crippen LogP) is 1.75. The van der Waals surface area contributed by atoms with Crippen molar-refractivity contribution < 1.29 is 52.4 Å². The van der Waals surface area contributed by atoms with Crippen LogP contribution in [0, 0.1) is 0 Å². The average Bonchev–Trinajstić information content (AvgIpc) is 2.76. The van der Waals surface area contributed by atoms with Crippen LogP contribution >= 0.6 is 0 Å². The number of carbonyl (C=O) groups excluding carboxylic acids is 5. The largest absolute Gasteiger partial charge is 0.466 e. The van der Waals surface area contributed by atoms with E-state index >= 15 is 0 Å². The minimum atomic E-state index is -1.47. The van der Waals surface area contributed by atoms with Gasteiger partial charge < -0.3 is 28.4 Å². The van der Waals surface area contributed by atoms with E-state index in [0.29, 0.717) is 19.3 Å². The molecule has 1 aliphatic rings. The second kappa shape index (κ2) is 15.0. The number of ether oxygens (including phenoxy) is 6. The summed E-state index contributed by atoms with van der Waals surface area (Å²) in [6.45, 7) is 5.06. The Morgan fingerprint density at radius 1 is 0.727 bits per heavy atom. The Morgan fingerprint density at radius 3 is 1.73 bits per heavy atom. The fraction of sp³-hybridized carbons (Fsp3) is 0.682. The summed E-state index contributed by atoms with van der Waals surface area (Å²) in [5, 5.41) is 0. The predicted molar refractivity (Wildman–Crippen MR) is 111 cm³/mol. The van der Waals surface area contributed by atoms with Crippen LogP contribution in [0.1, 0.15) is 59.3 Å². The molecule has 1 aliphatic heterocycles. The summed E-state index contributed by atoms with van der Waals surface area (Å²) in [6, 6.07) is 0. The molecule has 33 heavy (non-hydrogen) atoms. The van der Waals surface area contributed by atoms with Crippen LogP contribution in [0.25, 0.3) is 0 Å². The van der Waals surface area contributed by atoms with Gasteiger partial charge in [0.25, 0.3) is 0 Å². The van der Waals surface area contributed by atoms with Crippen LogP contribution in [0.2, 0.25) is 0 Å². The van der Waals surface area contributed by atoms with Gasteiger partial charge >= 0.3 is 29.8 Å². The van der Waals surface area contributed by atoms with Crippen LogP contribution in [0.15, 0.2) is 12.2 Å². The molecule has 1 fully saturated rings. The lowest BCUT2D eigenvalue weighted by molar-refractivity contribution is -0.274. The minimum absolute atomic E-state index is 0.0509. The average molecular weight is 472 g/mol. The van der Waals surface area contributed by atoms with E-state index in [1.165, 1.54) is 0 Å². The van der Waals surface area contributed by atoms with Gasteiger partial charge in [0.2, 0.25) is 12.4 Å². The van der Waals surface area contributed by atoms with Gasteiger partial charge in [-0.1, -0.05) is 20.8 Å². The van der Waals surface area contributed by atoms with Gasteiger partial charge in [0.1, 0.15) is 0 Å². The first-order valence-electron chi connectivity index (χ1n) is 10.9. The Balaban J connectivity index is 3.16. The van der Waals surface area contributed by atoms with E-state index in [2.05, 4.69) is 4.74 Å². The Hall–Kier alpha value is -2.95. The van der Waals surface area contributed by atoms with Crippen molar-refractivity contribution in [3.63, 3.8) is 0 Å². The zero-order chi connectivity index (χ0) is 24.8. The summed E-state index contributed by atoms with van der Waals surface area (Å²) < 4.78 is 31.4. The zero-order valence-corrected chi connectivity index (χ0v) is 19.4. The van der Waals surface area contributed by atoms with E-state index in [-0.39, 0.29) is 25.9 Å². The maximum absolute atomic E-state index is 12.3. The number of hydrogen-bond acceptors (Lipinski definition) is 11. The van der Waals surface area contributed by atoms with E-state index in [1.807, 2.05) is 0 Å². The molecule has 0 bridgehead atoms. The number of carbonyl (C=O) groups is 5. The molecule has 0 saturated carbocycles. The van der Waals surface area contributed by atoms with Crippen LogP contribution < -0.4 is 0 Å². The van der Waals surface area contributed by atoms with Crippen LogP contribution in [-0.4, -0.2) is 68.2 Å². The molecule has 1 saturated heterocycles. The Kier molecular flexibility index (Phi) is 12.8. The highest BCUT2D eigenvalue weighted by atomic mass is 16.7. The lowest BCUT2D eigenvalue weighted by atomic mass is 10.0. The first-order valence-corrected chi connectivity index (χ1v) is 10.9. The standard InChI is InChI=1S/C22H32O11/c1-5-8-16(24)30-14-13-29-22(33-19(27)12-11-15(23)28-4)21(32-18(26)10-7-3)20(14)31-17(25)9-6-2/h11-12,14,20-22H,5-10,13H2,1-4H3/b12-11+/t14-,20+,21-,22+/m1/s1. The smallest absolute Gasteiger partial charge is 0.333 e. The third-order valence-electron chi connectivity index (χ3n) is 4.35. The lowest BCUT2D eigenvalue weighted by Crippen LogP contribution is -2.58. The summed E-state index contributed by atoms with van der Waals surface area (Å²) in [5.41, 5.74) is 0. The topological polar surface area (TPSA) is 141 Å². The molecule has 0 spiro atoms. The first-order chi connectivity index (χ1) is 15.7. The molecule has 0 amide bonds. The monoisotopic (exact) mass is 472 g/mol. The molecule has 0 unspecified atom stereocenters. The van der Waals surface area contributed by atoms with Crippen LogP contribution in [-0.2, 0) is 52.4 Å². The third-order valence-corrected chi connectivity index (χ3v) is 4.35. The summed E-state index contributed by atoms with van der Waals surface area (Å²) in [7, 11) is 1.14. The lowest BCUT2D eigenvalue weighted by Gasteiger charge is -2.40. The van der Waals surface area contributed by atoms with Crippen molar-refractivity contribution >= 4 is 29.8 Å². The molecule has 186 valence electrons. The maximum Gasteiger partial charge on any atom is 0.333 e. The van der Waals surface area contributed by atoms with Crippen molar-refractivity contribution in [1.29, 1.82) is 0 Å². The Bertz CT molecular complexity index is 715. The molecule has 1 heterocycles. The van der Waals surface area contributed by atoms with E-state index in [9.17, 15) is 24.0 Å². The van der Waals surface area contributed by atoms with Gasteiger partial charge in [0.05, 0.1) is 13.7 Å². The van der Waals surface area contributed by atoms with Crippen molar-refractivity contribution in [3.05, 3.63) is 12.2 Å². The fourth-order valence-corrected chi connectivity index (χ4v) is 2.83. The van der Waals surface area contributed by atoms with Gasteiger partial charge in [0, 0.05) is 31.4 Å². The van der Waals surface area contributed by atoms with Crippen LogP contribution in [0.5, 0.6) is 0 Å². The SMILES string of the molecule is CCCC(=O)O[C@@H]1[C@@H](OC(=O)CCC)[C@H](OC(=O)/C=C/C(=O)OC)OC[C@H]1OC(=O)CCC. The van der Waals surface area contributed by atoms with E-state index in [4.69, 9.17) is 23.7 Å². The Morgan fingerprint density at radius 2 is 1.21 bits per heavy atom. The quantitative estimate of drug-likeness (QED) is 0.233. The second-order valence-corrected chi connectivity index (χ2v) is 7.18. The highest BCUT2D eigenvalue weighted by molar-refractivity contribution is 5.91. The molecule has 0 aromatic heterocycles. The maximum atomic E-state index is 12.3. The number of rotatable bonds is 12. The molecule has 11 heteroatoms. The molecular weight excluding hydrogens is 440 g/mol. The number of esters is 5. The normalized spacial score (nSPS) is 22.3. The molecule has 11 nitrogen and oxygen atoms in total. The van der Waals surface area contributed by atoms with Gasteiger partial charge in [-0.2, -0.15) is 0 Å².